The van der Waals surface area contributed by atoms with Gasteiger partial charge in [-0.05, 0) is 41.5 Å². The molecule has 0 spiro atoms. The van der Waals surface area contributed by atoms with Gasteiger partial charge in [-0.1, -0.05) is 61.3 Å². The normalized spacial score (nSPS) is 35.3. The fourth-order valence-corrected chi connectivity index (χ4v) is 4.54. The molecule has 1 aliphatic rings. The predicted octanol–water partition coefficient (Wildman–Crippen LogP) is 4.58. The highest BCUT2D eigenvalue weighted by Crippen LogP contribution is 2.70. The van der Waals surface area contributed by atoms with E-state index in [4.69, 9.17) is 0 Å². The van der Waals surface area contributed by atoms with Gasteiger partial charge in [-0.25, -0.2) is 0 Å². The van der Waals surface area contributed by atoms with E-state index in [1.807, 2.05) is 0 Å². The lowest BCUT2D eigenvalue weighted by Gasteiger charge is -2.35. The Balaban J connectivity index is 2.76. The minimum Gasteiger partial charge on any atom is -0.319 e. The van der Waals surface area contributed by atoms with Gasteiger partial charge in [0.1, 0.15) is 0 Å². The summed E-state index contributed by atoms with van der Waals surface area (Å²) in [4.78, 5) is 0. The van der Waals surface area contributed by atoms with Gasteiger partial charge in [0.05, 0.1) is 0 Å². The molecule has 0 amide bonds. The van der Waals surface area contributed by atoms with Gasteiger partial charge in [0, 0.05) is 6.54 Å². The zero-order valence-corrected chi connectivity index (χ0v) is 13.9. The molecule has 1 heteroatoms. The summed E-state index contributed by atoms with van der Waals surface area (Å²) >= 11 is 0. The summed E-state index contributed by atoms with van der Waals surface area (Å²) in [6.07, 6.45) is 2.70. The quantitative estimate of drug-likeness (QED) is 0.700. The standard InChI is InChI=1S/C17H35N/c1-9-10-12(2)13(3)15-14(4)17(15,7)16(5,6)11-18-8/h12-15,18H,9-11H2,1-8H3/t12?,13-,14+,15+,17?/m1/s1. The Morgan fingerprint density at radius 1 is 1.28 bits per heavy atom. The van der Waals surface area contributed by atoms with Gasteiger partial charge in [0.15, 0.2) is 0 Å². The summed E-state index contributed by atoms with van der Waals surface area (Å²) in [6, 6.07) is 0. The molecule has 0 aliphatic heterocycles. The van der Waals surface area contributed by atoms with Gasteiger partial charge in [0.2, 0.25) is 0 Å². The summed E-state index contributed by atoms with van der Waals surface area (Å²) in [7, 11) is 2.08. The van der Waals surface area contributed by atoms with Gasteiger partial charge in [0.25, 0.3) is 0 Å². The second-order valence-corrected chi connectivity index (χ2v) is 7.64. The van der Waals surface area contributed by atoms with Crippen LogP contribution in [-0.2, 0) is 0 Å². The lowest BCUT2D eigenvalue weighted by Crippen LogP contribution is -2.36. The van der Waals surface area contributed by atoms with Crippen LogP contribution < -0.4 is 5.32 Å². The van der Waals surface area contributed by atoms with E-state index in [1.165, 1.54) is 12.8 Å². The maximum atomic E-state index is 3.39. The number of rotatable bonds is 7. The summed E-state index contributed by atoms with van der Waals surface area (Å²) < 4.78 is 0. The van der Waals surface area contributed by atoms with E-state index in [9.17, 15) is 0 Å². The maximum Gasteiger partial charge on any atom is 0.000494 e. The van der Waals surface area contributed by atoms with Gasteiger partial charge in [-0.3, -0.25) is 0 Å². The molecule has 0 radical (unpaired) electrons. The van der Waals surface area contributed by atoms with Gasteiger partial charge < -0.3 is 5.32 Å². The molecule has 108 valence electrons. The van der Waals surface area contributed by atoms with E-state index in [2.05, 4.69) is 60.8 Å². The van der Waals surface area contributed by atoms with Crippen LogP contribution in [0.1, 0.15) is 61.3 Å². The lowest BCUT2D eigenvalue weighted by atomic mass is 9.72. The third-order valence-electron chi connectivity index (χ3n) is 6.35. The molecule has 1 rings (SSSR count). The van der Waals surface area contributed by atoms with Crippen molar-refractivity contribution in [3.8, 4) is 0 Å². The van der Waals surface area contributed by atoms with Crippen LogP contribution >= 0.6 is 0 Å². The average molecular weight is 253 g/mol. The Labute approximate surface area is 115 Å². The highest BCUT2D eigenvalue weighted by atomic mass is 14.9. The van der Waals surface area contributed by atoms with E-state index in [0.717, 1.165) is 30.2 Å². The Kier molecular flexibility index (Phi) is 4.92. The van der Waals surface area contributed by atoms with E-state index in [1.54, 1.807) is 0 Å². The summed E-state index contributed by atoms with van der Waals surface area (Å²) in [6.45, 7) is 18.2. The third kappa shape index (κ3) is 2.48. The van der Waals surface area contributed by atoms with Gasteiger partial charge in [-0.2, -0.15) is 0 Å². The molecule has 1 N–H and O–H groups in total. The van der Waals surface area contributed by atoms with Crippen LogP contribution in [0.25, 0.3) is 0 Å². The van der Waals surface area contributed by atoms with Crippen molar-refractivity contribution in [1.82, 2.24) is 5.32 Å². The SMILES string of the molecule is CCCC(C)[C@@H](C)[C@H]1[C@H](C)C1(C)C(C)(C)CNC. The summed E-state index contributed by atoms with van der Waals surface area (Å²) in [5, 5.41) is 3.39. The average Bonchev–Trinajstić information content (AvgIpc) is 2.83. The topological polar surface area (TPSA) is 12.0 Å². The zero-order chi connectivity index (χ0) is 14.1. The Morgan fingerprint density at radius 3 is 2.28 bits per heavy atom. The highest BCUT2D eigenvalue weighted by Gasteiger charge is 2.66. The first-order chi connectivity index (χ1) is 8.24. The maximum absolute atomic E-state index is 3.39. The number of hydrogen-bond acceptors (Lipinski definition) is 1. The Bertz CT molecular complexity index is 271. The predicted molar refractivity (Wildman–Crippen MR) is 81.7 cm³/mol. The van der Waals surface area contributed by atoms with Crippen LogP contribution in [0, 0.1) is 34.5 Å². The fourth-order valence-electron chi connectivity index (χ4n) is 4.54. The first kappa shape index (κ1) is 16.0. The monoisotopic (exact) mass is 253 g/mol. The minimum atomic E-state index is 0.395. The highest BCUT2D eigenvalue weighted by molar-refractivity contribution is 5.14. The molecule has 1 saturated carbocycles. The summed E-state index contributed by atoms with van der Waals surface area (Å²) in [5.41, 5.74) is 0.906. The largest absolute Gasteiger partial charge is 0.319 e. The molecule has 1 nitrogen and oxygen atoms in total. The Hall–Kier alpha value is -0.0400. The fraction of sp³-hybridized carbons (Fsp3) is 1.00. The molecule has 18 heavy (non-hydrogen) atoms. The molecule has 0 aromatic carbocycles. The molecule has 1 aliphatic carbocycles. The van der Waals surface area contributed by atoms with E-state index >= 15 is 0 Å². The van der Waals surface area contributed by atoms with Crippen LogP contribution in [0.15, 0.2) is 0 Å². The van der Waals surface area contributed by atoms with Crippen molar-refractivity contribution in [2.75, 3.05) is 13.6 Å². The first-order valence-electron chi connectivity index (χ1n) is 7.88. The van der Waals surface area contributed by atoms with Crippen molar-refractivity contribution >= 4 is 0 Å². The van der Waals surface area contributed by atoms with Crippen molar-refractivity contribution < 1.29 is 0 Å². The van der Waals surface area contributed by atoms with E-state index < -0.39 is 0 Å². The third-order valence-corrected chi connectivity index (χ3v) is 6.35. The smallest absolute Gasteiger partial charge is 0.000494 e. The number of nitrogens with one attached hydrogen (secondary N) is 1. The molecule has 2 unspecified atom stereocenters. The Morgan fingerprint density at radius 2 is 1.83 bits per heavy atom. The lowest BCUT2D eigenvalue weighted by molar-refractivity contribution is 0.149. The van der Waals surface area contributed by atoms with Crippen LogP contribution in [0.2, 0.25) is 0 Å². The van der Waals surface area contributed by atoms with Crippen LogP contribution in [-0.4, -0.2) is 13.6 Å². The van der Waals surface area contributed by atoms with Crippen LogP contribution in [0.4, 0.5) is 0 Å². The van der Waals surface area contributed by atoms with Crippen molar-refractivity contribution in [1.29, 1.82) is 0 Å². The van der Waals surface area contributed by atoms with Gasteiger partial charge in [-0.15, -0.1) is 0 Å². The molecule has 0 aromatic heterocycles. The van der Waals surface area contributed by atoms with Crippen molar-refractivity contribution in [3.63, 3.8) is 0 Å². The first-order valence-corrected chi connectivity index (χ1v) is 7.88. The van der Waals surface area contributed by atoms with Crippen LogP contribution in [0.5, 0.6) is 0 Å². The van der Waals surface area contributed by atoms with E-state index in [0.29, 0.717) is 10.8 Å². The molecule has 0 bridgehead atoms. The zero-order valence-electron chi connectivity index (χ0n) is 13.9. The minimum absolute atomic E-state index is 0.395. The molecule has 0 heterocycles. The second kappa shape index (κ2) is 5.53. The van der Waals surface area contributed by atoms with Crippen molar-refractivity contribution in [2.24, 2.45) is 34.5 Å². The second-order valence-electron chi connectivity index (χ2n) is 7.64. The molecular formula is C17H35N. The molecular weight excluding hydrogens is 218 g/mol. The number of hydrogen-bond donors (Lipinski definition) is 1. The molecule has 5 atom stereocenters. The molecule has 0 saturated heterocycles. The van der Waals surface area contributed by atoms with Crippen LogP contribution in [0.3, 0.4) is 0 Å². The van der Waals surface area contributed by atoms with Gasteiger partial charge >= 0.3 is 0 Å². The van der Waals surface area contributed by atoms with Crippen molar-refractivity contribution in [3.05, 3.63) is 0 Å². The van der Waals surface area contributed by atoms with Crippen molar-refractivity contribution in [2.45, 2.75) is 61.3 Å². The molecule has 0 aromatic rings. The molecule has 1 fully saturated rings. The van der Waals surface area contributed by atoms with E-state index in [-0.39, 0.29) is 0 Å². The summed E-state index contributed by atoms with van der Waals surface area (Å²) in [5.74, 6) is 3.51.